The summed E-state index contributed by atoms with van der Waals surface area (Å²) in [5.41, 5.74) is 0.653. The first-order valence-corrected chi connectivity index (χ1v) is 9.53. The number of aliphatic hydroxyl groups is 1. The molecular formula is C20H33FIN3O. The summed E-state index contributed by atoms with van der Waals surface area (Å²) in [7, 11) is 0. The Morgan fingerprint density at radius 3 is 2.54 bits per heavy atom. The second kappa shape index (κ2) is 11.7. The molecule has 0 saturated heterocycles. The zero-order valence-corrected chi connectivity index (χ0v) is 18.3. The summed E-state index contributed by atoms with van der Waals surface area (Å²) < 4.78 is 14.1. The molecule has 148 valence electrons. The van der Waals surface area contributed by atoms with Gasteiger partial charge in [0.1, 0.15) is 5.82 Å². The van der Waals surface area contributed by atoms with Crippen molar-refractivity contribution in [2.75, 3.05) is 26.2 Å². The van der Waals surface area contributed by atoms with E-state index in [1.807, 2.05) is 19.1 Å². The number of nitrogens with one attached hydrogen (secondary N) is 2. The number of hydrogen-bond donors (Lipinski definition) is 3. The van der Waals surface area contributed by atoms with Gasteiger partial charge in [-0.2, -0.15) is 0 Å². The lowest BCUT2D eigenvalue weighted by molar-refractivity contribution is 0.251. The van der Waals surface area contributed by atoms with Crippen molar-refractivity contribution in [3.8, 4) is 0 Å². The maximum atomic E-state index is 14.1. The van der Waals surface area contributed by atoms with E-state index in [-0.39, 0.29) is 41.8 Å². The minimum absolute atomic E-state index is 0. The Hall–Kier alpha value is -0.890. The number of nitrogens with zero attached hydrogens (tertiary/aromatic N) is 1. The maximum Gasteiger partial charge on any atom is 0.191 e. The lowest BCUT2D eigenvalue weighted by Gasteiger charge is -2.19. The molecule has 1 unspecified atom stereocenters. The second-order valence-electron chi connectivity index (χ2n) is 7.00. The third-order valence-corrected chi connectivity index (χ3v) is 4.98. The third-order valence-electron chi connectivity index (χ3n) is 4.98. The van der Waals surface area contributed by atoms with E-state index >= 15 is 0 Å². The van der Waals surface area contributed by atoms with Crippen LogP contribution in [0.4, 0.5) is 4.39 Å². The summed E-state index contributed by atoms with van der Waals surface area (Å²) in [5, 5.41) is 15.9. The summed E-state index contributed by atoms with van der Waals surface area (Å²) in [5.74, 6) is 1.10. The van der Waals surface area contributed by atoms with Crippen molar-refractivity contribution in [3.63, 3.8) is 0 Å². The molecule has 0 aliphatic heterocycles. The topological polar surface area (TPSA) is 56.6 Å². The van der Waals surface area contributed by atoms with Crippen LogP contribution in [-0.2, 0) is 5.41 Å². The van der Waals surface area contributed by atoms with Gasteiger partial charge in [-0.25, -0.2) is 4.39 Å². The fourth-order valence-corrected chi connectivity index (χ4v) is 3.31. The first-order valence-electron chi connectivity index (χ1n) is 9.53. The van der Waals surface area contributed by atoms with Gasteiger partial charge in [-0.3, -0.25) is 4.99 Å². The van der Waals surface area contributed by atoms with Crippen molar-refractivity contribution >= 4 is 29.9 Å². The Balaban J connectivity index is 0.00000338. The minimum atomic E-state index is -0.137. The molecule has 1 aliphatic carbocycles. The van der Waals surface area contributed by atoms with Crippen LogP contribution in [0.3, 0.4) is 0 Å². The van der Waals surface area contributed by atoms with E-state index in [0.29, 0.717) is 12.5 Å². The quantitative estimate of drug-likeness (QED) is 0.273. The number of hydrogen-bond acceptors (Lipinski definition) is 2. The molecule has 0 amide bonds. The van der Waals surface area contributed by atoms with Gasteiger partial charge in [0.15, 0.2) is 5.96 Å². The Labute approximate surface area is 174 Å². The van der Waals surface area contributed by atoms with Crippen LogP contribution in [-0.4, -0.2) is 37.3 Å². The molecule has 0 spiro atoms. The van der Waals surface area contributed by atoms with E-state index < -0.39 is 0 Å². The van der Waals surface area contributed by atoms with E-state index in [1.54, 1.807) is 6.07 Å². The van der Waals surface area contributed by atoms with Crippen LogP contribution in [0.25, 0.3) is 0 Å². The molecule has 1 fully saturated rings. The number of aliphatic imine (C=N–C) groups is 1. The van der Waals surface area contributed by atoms with Crippen LogP contribution in [0, 0.1) is 11.7 Å². The van der Waals surface area contributed by atoms with Crippen LogP contribution in [0.2, 0.25) is 0 Å². The van der Waals surface area contributed by atoms with Crippen molar-refractivity contribution < 1.29 is 9.50 Å². The average molecular weight is 477 g/mol. The highest BCUT2D eigenvalue weighted by atomic mass is 127. The molecule has 0 heterocycles. The van der Waals surface area contributed by atoms with Crippen molar-refractivity contribution in [2.45, 2.75) is 51.4 Å². The van der Waals surface area contributed by atoms with Gasteiger partial charge in [0.2, 0.25) is 0 Å². The average Bonchev–Trinajstić information content (AvgIpc) is 3.39. The van der Waals surface area contributed by atoms with E-state index in [2.05, 4.69) is 17.6 Å². The third kappa shape index (κ3) is 6.68. The normalized spacial score (nSPS) is 16.5. The number of guanidine groups is 1. The highest BCUT2D eigenvalue weighted by Crippen LogP contribution is 2.49. The van der Waals surface area contributed by atoms with Crippen molar-refractivity contribution in [2.24, 2.45) is 10.9 Å². The molecule has 0 radical (unpaired) electrons. The van der Waals surface area contributed by atoms with Crippen LogP contribution in [0.15, 0.2) is 29.3 Å². The monoisotopic (exact) mass is 477 g/mol. The molecule has 4 nitrogen and oxygen atoms in total. The largest absolute Gasteiger partial charge is 0.396 e. The predicted octanol–water partition coefficient (Wildman–Crippen LogP) is 3.83. The molecular weight excluding hydrogens is 444 g/mol. The van der Waals surface area contributed by atoms with E-state index in [4.69, 9.17) is 4.99 Å². The Bertz CT molecular complexity index is 558. The summed E-state index contributed by atoms with van der Waals surface area (Å²) in [6, 6.07) is 7.05. The molecule has 26 heavy (non-hydrogen) atoms. The molecule has 1 aromatic carbocycles. The lowest BCUT2D eigenvalue weighted by Crippen LogP contribution is -2.40. The van der Waals surface area contributed by atoms with Gasteiger partial charge in [-0.15, -0.1) is 24.0 Å². The SMILES string of the molecule is CCCC(CCO)CNC(=NCC1(c2ccccc2F)CC1)NCC.I. The maximum absolute atomic E-state index is 14.1. The zero-order valence-electron chi connectivity index (χ0n) is 15.9. The molecule has 2 rings (SSSR count). The van der Waals surface area contributed by atoms with Crippen molar-refractivity contribution in [1.82, 2.24) is 10.6 Å². The molecule has 1 aliphatic rings. The Morgan fingerprint density at radius 2 is 1.96 bits per heavy atom. The number of halogens is 2. The molecule has 1 aromatic rings. The van der Waals surface area contributed by atoms with E-state index in [0.717, 1.165) is 56.7 Å². The molecule has 1 atom stereocenters. The Morgan fingerprint density at radius 1 is 1.23 bits per heavy atom. The van der Waals surface area contributed by atoms with Gasteiger partial charge >= 0.3 is 0 Å². The first kappa shape index (κ1) is 23.1. The van der Waals surface area contributed by atoms with Gasteiger partial charge in [-0.1, -0.05) is 31.5 Å². The summed E-state index contributed by atoms with van der Waals surface area (Å²) in [6.07, 6.45) is 4.97. The number of aliphatic hydroxyl groups excluding tert-OH is 1. The highest BCUT2D eigenvalue weighted by Gasteiger charge is 2.45. The Kier molecular flexibility index (Phi) is 10.5. The second-order valence-corrected chi connectivity index (χ2v) is 7.00. The van der Waals surface area contributed by atoms with Crippen molar-refractivity contribution in [3.05, 3.63) is 35.6 Å². The van der Waals surface area contributed by atoms with E-state index in [1.165, 1.54) is 6.07 Å². The summed E-state index contributed by atoms with van der Waals surface area (Å²) >= 11 is 0. The van der Waals surface area contributed by atoms with Gasteiger partial charge in [0.25, 0.3) is 0 Å². The van der Waals surface area contributed by atoms with Gasteiger partial charge in [0.05, 0.1) is 6.54 Å². The highest BCUT2D eigenvalue weighted by molar-refractivity contribution is 14.0. The number of benzene rings is 1. The zero-order chi connectivity index (χ0) is 18.1. The van der Waals surface area contributed by atoms with Gasteiger partial charge in [0, 0.05) is 25.1 Å². The smallest absolute Gasteiger partial charge is 0.191 e. The fraction of sp³-hybridized carbons (Fsp3) is 0.650. The van der Waals surface area contributed by atoms with Crippen LogP contribution >= 0.6 is 24.0 Å². The van der Waals surface area contributed by atoms with Gasteiger partial charge in [-0.05, 0) is 50.2 Å². The molecule has 1 saturated carbocycles. The van der Waals surface area contributed by atoms with Crippen LogP contribution in [0.5, 0.6) is 0 Å². The molecule has 3 N–H and O–H groups in total. The summed E-state index contributed by atoms with van der Waals surface area (Å²) in [4.78, 5) is 4.72. The fourth-order valence-electron chi connectivity index (χ4n) is 3.31. The minimum Gasteiger partial charge on any atom is -0.396 e. The lowest BCUT2D eigenvalue weighted by atomic mass is 9.95. The van der Waals surface area contributed by atoms with E-state index in [9.17, 15) is 9.50 Å². The molecule has 6 heteroatoms. The summed E-state index contributed by atoms with van der Waals surface area (Å²) in [6.45, 7) is 6.61. The first-order chi connectivity index (χ1) is 12.1. The predicted molar refractivity (Wildman–Crippen MR) is 117 cm³/mol. The van der Waals surface area contributed by atoms with Crippen LogP contribution in [0.1, 0.15) is 51.5 Å². The van der Waals surface area contributed by atoms with Crippen LogP contribution < -0.4 is 10.6 Å². The number of rotatable bonds is 10. The van der Waals surface area contributed by atoms with Crippen molar-refractivity contribution in [1.29, 1.82) is 0 Å². The molecule has 0 bridgehead atoms. The standard InChI is InChI=1S/C20H32FN3O.HI/c1-3-7-16(10-13-25)14-23-19(22-4-2)24-15-20(11-12-20)17-8-5-6-9-18(17)21;/h5-6,8-9,16,25H,3-4,7,10-15H2,1-2H3,(H2,22,23,24);1H. The van der Waals surface area contributed by atoms with Gasteiger partial charge < -0.3 is 15.7 Å². The molecule has 0 aromatic heterocycles.